The summed E-state index contributed by atoms with van der Waals surface area (Å²) >= 11 is 0. The first-order valence-corrected chi connectivity index (χ1v) is 11.0. The fraction of sp³-hybridized carbons (Fsp3) is 0.350. The molecule has 0 aliphatic heterocycles. The molecular weight excluding hydrogens is 425 g/mol. The summed E-state index contributed by atoms with van der Waals surface area (Å²) in [4.78, 5) is 15.5. The molecule has 0 saturated heterocycles. The van der Waals surface area contributed by atoms with E-state index in [1.165, 1.54) is 20.1 Å². The molecule has 0 saturated carbocycles. The summed E-state index contributed by atoms with van der Waals surface area (Å²) in [5.41, 5.74) is 9.36. The lowest BCUT2D eigenvalue weighted by Gasteiger charge is -2.24. The Morgan fingerprint density at radius 3 is 2.32 bits per heavy atom. The van der Waals surface area contributed by atoms with Gasteiger partial charge in [-0.05, 0) is 53.3 Å². The number of benzene rings is 2. The molecule has 0 spiro atoms. The summed E-state index contributed by atoms with van der Waals surface area (Å²) in [6.07, 6.45) is 1.00. The normalized spacial score (nSPS) is 11.5. The Morgan fingerprint density at radius 2 is 1.81 bits per heavy atom. The number of carbonyl (C=O) groups excluding carboxylic acids is 1. The average Bonchev–Trinajstić information content (AvgIpc) is 2.63. The number of nitrogens with zero attached hydrogens (tertiary/aromatic N) is 3. The number of amides is 1. The minimum absolute atomic E-state index is 0.0116. The van der Waals surface area contributed by atoms with Crippen molar-refractivity contribution in [3.8, 4) is 5.75 Å². The van der Waals surface area contributed by atoms with Gasteiger partial charge in [0.2, 0.25) is 10.0 Å². The average molecular weight is 450 g/mol. The molecule has 31 heavy (non-hydrogen) atoms. The molecule has 0 radical (unpaired) electrons. The topological polar surface area (TPSA) is 133 Å². The molecule has 2 aromatic carbocycles. The van der Waals surface area contributed by atoms with Crippen LogP contribution in [0.4, 0.5) is 21.5 Å². The van der Waals surface area contributed by atoms with Crippen molar-refractivity contribution >= 4 is 33.0 Å². The van der Waals surface area contributed by atoms with Crippen molar-refractivity contribution in [2.45, 2.75) is 33.1 Å². The van der Waals surface area contributed by atoms with Crippen LogP contribution in [0.1, 0.15) is 42.3 Å². The van der Waals surface area contributed by atoms with Crippen molar-refractivity contribution in [2.24, 2.45) is 5.11 Å². The molecule has 11 heteroatoms. The molecule has 9 nitrogen and oxygen atoms in total. The molecular formula is C20H24FN5O4S. The summed E-state index contributed by atoms with van der Waals surface area (Å²) in [5.74, 6) is -1.30. The molecule has 1 amide bonds. The SMILES string of the molecule is COc1c(NC(=O)c2cc(F)c(C)c(N=[N+]=[N-])c2)cc(C(C)(C)C)cc1NS(C)(=O)=O. The van der Waals surface area contributed by atoms with Crippen LogP contribution in [0.5, 0.6) is 5.75 Å². The Balaban J connectivity index is 2.61. The van der Waals surface area contributed by atoms with Crippen LogP contribution in [0.2, 0.25) is 0 Å². The molecule has 0 aromatic heterocycles. The zero-order chi connectivity index (χ0) is 23.6. The van der Waals surface area contributed by atoms with E-state index < -0.39 is 21.7 Å². The highest BCUT2D eigenvalue weighted by Gasteiger charge is 2.23. The van der Waals surface area contributed by atoms with E-state index in [0.717, 1.165) is 17.9 Å². The molecule has 2 rings (SSSR count). The third kappa shape index (κ3) is 5.87. The first-order chi connectivity index (χ1) is 14.3. The molecule has 0 fully saturated rings. The molecule has 0 unspecified atom stereocenters. The number of sulfonamides is 1. The predicted molar refractivity (Wildman–Crippen MR) is 118 cm³/mol. The maximum absolute atomic E-state index is 14.2. The van der Waals surface area contributed by atoms with Crippen LogP contribution < -0.4 is 14.8 Å². The smallest absolute Gasteiger partial charge is 0.255 e. The number of halogens is 1. The first kappa shape index (κ1) is 24.0. The van der Waals surface area contributed by atoms with Crippen LogP contribution in [0.25, 0.3) is 10.4 Å². The number of ether oxygens (including phenoxy) is 1. The maximum Gasteiger partial charge on any atom is 0.255 e. The van der Waals surface area contributed by atoms with Gasteiger partial charge in [0.25, 0.3) is 5.91 Å². The third-order valence-corrected chi connectivity index (χ3v) is 5.02. The van der Waals surface area contributed by atoms with E-state index in [1.807, 2.05) is 20.8 Å². The van der Waals surface area contributed by atoms with E-state index in [1.54, 1.807) is 12.1 Å². The summed E-state index contributed by atoms with van der Waals surface area (Å²) < 4.78 is 45.6. The van der Waals surface area contributed by atoms with Gasteiger partial charge in [0.15, 0.2) is 5.75 Å². The predicted octanol–water partition coefficient (Wildman–Crippen LogP) is 5.01. The quantitative estimate of drug-likeness (QED) is 0.364. The Kier molecular flexibility index (Phi) is 6.83. The minimum atomic E-state index is -3.63. The Morgan fingerprint density at radius 1 is 1.19 bits per heavy atom. The Hall–Kier alpha value is -3.30. The van der Waals surface area contributed by atoms with Gasteiger partial charge < -0.3 is 10.1 Å². The van der Waals surface area contributed by atoms with Gasteiger partial charge in [-0.15, -0.1) is 0 Å². The highest BCUT2D eigenvalue weighted by molar-refractivity contribution is 7.92. The van der Waals surface area contributed by atoms with Crippen LogP contribution in [0.15, 0.2) is 29.4 Å². The zero-order valence-corrected chi connectivity index (χ0v) is 18.9. The van der Waals surface area contributed by atoms with Crippen LogP contribution in [-0.2, 0) is 15.4 Å². The summed E-state index contributed by atoms with van der Waals surface area (Å²) in [6.45, 7) is 7.20. The number of nitrogens with one attached hydrogen (secondary N) is 2. The molecule has 2 N–H and O–H groups in total. The summed E-state index contributed by atoms with van der Waals surface area (Å²) in [6, 6.07) is 5.57. The Bertz CT molecular complexity index is 1180. The second-order valence-corrected chi connectivity index (χ2v) is 9.72. The fourth-order valence-corrected chi connectivity index (χ4v) is 3.34. The van der Waals surface area contributed by atoms with Crippen molar-refractivity contribution in [3.05, 3.63) is 57.2 Å². The molecule has 0 bridgehead atoms. The van der Waals surface area contributed by atoms with Gasteiger partial charge in [0.05, 0.1) is 24.7 Å². The number of hydrogen-bond acceptors (Lipinski definition) is 5. The number of methoxy groups -OCH3 is 1. The van der Waals surface area contributed by atoms with E-state index in [4.69, 9.17) is 10.3 Å². The van der Waals surface area contributed by atoms with Crippen LogP contribution in [0.3, 0.4) is 0 Å². The Labute approximate surface area is 180 Å². The zero-order valence-electron chi connectivity index (χ0n) is 18.1. The molecule has 0 heterocycles. The lowest BCUT2D eigenvalue weighted by Crippen LogP contribution is -2.18. The minimum Gasteiger partial charge on any atom is -0.492 e. The second kappa shape index (κ2) is 8.83. The maximum atomic E-state index is 14.2. The molecule has 0 aliphatic carbocycles. The van der Waals surface area contributed by atoms with Gasteiger partial charge in [-0.3, -0.25) is 9.52 Å². The van der Waals surface area contributed by atoms with Crippen molar-refractivity contribution in [1.29, 1.82) is 0 Å². The van der Waals surface area contributed by atoms with Gasteiger partial charge in [-0.25, -0.2) is 12.8 Å². The lowest BCUT2D eigenvalue weighted by molar-refractivity contribution is 0.102. The van der Waals surface area contributed by atoms with Gasteiger partial charge in [-0.2, -0.15) is 0 Å². The number of carbonyl (C=O) groups is 1. The van der Waals surface area contributed by atoms with Gasteiger partial charge in [0, 0.05) is 16.2 Å². The molecule has 166 valence electrons. The van der Waals surface area contributed by atoms with Crippen molar-refractivity contribution in [2.75, 3.05) is 23.4 Å². The van der Waals surface area contributed by atoms with E-state index in [2.05, 4.69) is 20.1 Å². The van der Waals surface area contributed by atoms with Crippen LogP contribution >= 0.6 is 0 Å². The monoisotopic (exact) mass is 449 g/mol. The number of anilines is 2. The summed E-state index contributed by atoms with van der Waals surface area (Å²) in [7, 11) is -2.30. The largest absolute Gasteiger partial charge is 0.492 e. The van der Waals surface area contributed by atoms with Crippen LogP contribution in [-0.4, -0.2) is 27.7 Å². The van der Waals surface area contributed by atoms with Crippen LogP contribution in [0, 0.1) is 12.7 Å². The van der Waals surface area contributed by atoms with Crippen molar-refractivity contribution < 1.29 is 22.3 Å². The van der Waals surface area contributed by atoms with E-state index >= 15 is 0 Å². The van der Waals surface area contributed by atoms with Gasteiger partial charge >= 0.3 is 0 Å². The number of rotatable bonds is 6. The summed E-state index contributed by atoms with van der Waals surface area (Å²) in [5, 5.41) is 6.04. The number of azide groups is 1. The highest BCUT2D eigenvalue weighted by Crippen LogP contribution is 2.39. The van der Waals surface area contributed by atoms with E-state index in [0.29, 0.717) is 0 Å². The molecule has 0 aliphatic rings. The molecule has 2 aromatic rings. The van der Waals surface area contributed by atoms with E-state index in [9.17, 15) is 17.6 Å². The van der Waals surface area contributed by atoms with Gasteiger partial charge in [-0.1, -0.05) is 25.9 Å². The van der Waals surface area contributed by atoms with Crippen molar-refractivity contribution in [1.82, 2.24) is 0 Å². The van der Waals surface area contributed by atoms with E-state index in [-0.39, 0.29) is 39.4 Å². The standard InChI is InChI=1S/C20H24FN5O4S/c1-11-14(21)7-12(8-15(11)24-26-22)19(27)23-16-9-13(20(2,3)4)10-17(18(16)30-5)25-31(6,28)29/h7-10,25H,1-6H3,(H,23,27). The lowest BCUT2D eigenvalue weighted by atomic mass is 9.86. The highest BCUT2D eigenvalue weighted by atomic mass is 32.2. The second-order valence-electron chi connectivity index (χ2n) is 7.97. The first-order valence-electron chi connectivity index (χ1n) is 9.13. The fourth-order valence-electron chi connectivity index (χ4n) is 2.79. The third-order valence-electron chi connectivity index (χ3n) is 4.43. The number of hydrogen-bond donors (Lipinski definition) is 2. The molecule has 0 atom stereocenters. The van der Waals surface area contributed by atoms with Crippen molar-refractivity contribution in [3.63, 3.8) is 0 Å². The van der Waals surface area contributed by atoms with Gasteiger partial charge in [0.1, 0.15) is 5.82 Å².